The molecule has 0 saturated carbocycles. The molecule has 2 N–H and O–H groups in total. The third kappa shape index (κ3) is 8.30. The summed E-state index contributed by atoms with van der Waals surface area (Å²) in [7, 11) is 1.65. The van der Waals surface area contributed by atoms with E-state index in [0.717, 1.165) is 11.3 Å². The van der Waals surface area contributed by atoms with Crippen molar-refractivity contribution in [2.24, 2.45) is 4.99 Å². The number of nitrogens with zero attached hydrogens (tertiary/aromatic N) is 2. The van der Waals surface area contributed by atoms with Gasteiger partial charge < -0.3 is 15.0 Å². The highest BCUT2D eigenvalue weighted by molar-refractivity contribution is 14.0. The molecule has 7 nitrogen and oxygen atoms in total. The number of methoxy groups -OCH3 is 1. The van der Waals surface area contributed by atoms with Crippen molar-refractivity contribution in [2.45, 2.75) is 44.3 Å². The monoisotopic (exact) mass is 560 g/mol. The molecule has 0 aliphatic heterocycles. The summed E-state index contributed by atoms with van der Waals surface area (Å²) in [5.74, 6) is 1.48. The molecule has 0 heterocycles. The van der Waals surface area contributed by atoms with Crippen LogP contribution >= 0.6 is 24.0 Å². The molecule has 0 saturated heterocycles. The first-order chi connectivity index (χ1) is 14.1. The summed E-state index contributed by atoms with van der Waals surface area (Å²) in [5, 5.41) is 3.26. The van der Waals surface area contributed by atoms with E-state index in [1.807, 2.05) is 63.1 Å². The maximum Gasteiger partial charge on any atom is 0.241 e. The molecule has 31 heavy (non-hydrogen) atoms. The Hall–Kier alpha value is -1.85. The van der Waals surface area contributed by atoms with Crippen molar-refractivity contribution in [2.75, 3.05) is 21.2 Å². The predicted octanol–water partition coefficient (Wildman–Crippen LogP) is 3.60. The highest BCUT2D eigenvalue weighted by Gasteiger charge is 2.24. The summed E-state index contributed by atoms with van der Waals surface area (Å²) in [6.45, 7) is 6.44. The molecule has 0 fully saturated rings. The lowest BCUT2D eigenvalue weighted by molar-refractivity contribution is 0.414. The van der Waals surface area contributed by atoms with E-state index in [4.69, 9.17) is 4.74 Å². The Bertz CT molecular complexity index is 971. The third-order valence-electron chi connectivity index (χ3n) is 4.29. The fourth-order valence-corrected chi connectivity index (χ4v) is 4.67. The van der Waals surface area contributed by atoms with Gasteiger partial charge >= 0.3 is 0 Å². The topological polar surface area (TPSA) is 83.0 Å². The van der Waals surface area contributed by atoms with E-state index >= 15 is 0 Å². The number of ether oxygens (including phenoxy) is 1. The first kappa shape index (κ1) is 27.2. The molecule has 0 atom stereocenters. The second-order valence-corrected chi connectivity index (χ2v) is 9.72. The minimum Gasteiger partial charge on any atom is -0.497 e. The van der Waals surface area contributed by atoms with E-state index in [2.05, 4.69) is 15.0 Å². The SMILES string of the molecule is CN=C(NCc1ccccc1S(=O)(=O)NC(C)(C)C)N(C)Cc1ccc(OC)cc1.I. The number of hydrogen-bond acceptors (Lipinski definition) is 4. The van der Waals surface area contributed by atoms with E-state index < -0.39 is 15.6 Å². The summed E-state index contributed by atoms with van der Waals surface area (Å²) >= 11 is 0. The number of sulfonamides is 1. The van der Waals surface area contributed by atoms with E-state index in [-0.39, 0.29) is 28.9 Å². The minimum atomic E-state index is -3.63. The van der Waals surface area contributed by atoms with Crippen LogP contribution in [0, 0.1) is 0 Å². The van der Waals surface area contributed by atoms with Crippen molar-refractivity contribution in [1.82, 2.24) is 14.9 Å². The van der Waals surface area contributed by atoms with Gasteiger partial charge in [-0.15, -0.1) is 24.0 Å². The summed E-state index contributed by atoms with van der Waals surface area (Å²) in [4.78, 5) is 6.57. The van der Waals surface area contributed by atoms with Gasteiger partial charge in [0, 0.05) is 32.7 Å². The van der Waals surface area contributed by atoms with Crippen molar-refractivity contribution in [1.29, 1.82) is 0 Å². The van der Waals surface area contributed by atoms with Crippen LogP contribution in [0.4, 0.5) is 0 Å². The van der Waals surface area contributed by atoms with Gasteiger partial charge in [-0.2, -0.15) is 0 Å². The fraction of sp³-hybridized carbons (Fsp3) is 0.409. The molecule has 0 radical (unpaired) electrons. The highest BCUT2D eigenvalue weighted by atomic mass is 127. The van der Waals surface area contributed by atoms with Crippen molar-refractivity contribution >= 4 is 40.0 Å². The molecule has 0 bridgehead atoms. The van der Waals surface area contributed by atoms with Gasteiger partial charge in [0.15, 0.2) is 5.96 Å². The van der Waals surface area contributed by atoms with Crippen LogP contribution in [0.2, 0.25) is 0 Å². The van der Waals surface area contributed by atoms with Crippen LogP contribution in [-0.4, -0.2) is 46.0 Å². The quantitative estimate of drug-likeness (QED) is 0.307. The zero-order chi connectivity index (χ0) is 22.4. The van der Waals surface area contributed by atoms with Gasteiger partial charge in [0.25, 0.3) is 0 Å². The molecule has 0 aliphatic rings. The number of hydrogen-bond donors (Lipinski definition) is 2. The van der Waals surface area contributed by atoms with Crippen LogP contribution in [0.5, 0.6) is 5.75 Å². The van der Waals surface area contributed by atoms with E-state index in [9.17, 15) is 8.42 Å². The zero-order valence-corrected chi connectivity index (χ0v) is 22.1. The van der Waals surface area contributed by atoms with Gasteiger partial charge in [-0.1, -0.05) is 30.3 Å². The van der Waals surface area contributed by atoms with Crippen LogP contribution < -0.4 is 14.8 Å². The molecule has 172 valence electrons. The van der Waals surface area contributed by atoms with Crippen molar-refractivity contribution in [3.8, 4) is 5.75 Å². The molecular formula is C22H33IN4O3S. The molecule has 9 heteroatoms. The van der Waals surface area contributed by atoms with E-state index in [0.29, 0.717) is 24.6 Å². The summed E-state index contributed by atoms with van der Waals surface area (Å²) < 4.78 is 33.5. The summed E-state index contributed by atoms with van der Waals surface area (Å²) in [6.07, 6.45) is 0. The first-order valence-corrected chi connectivity index (χ1v) is 11.2. The van der Waals surface area contributed by atoms with Crippen LogP contribution in [0.1, 0.15) is 31.9 Å². The second-order valence-electron chi connectivity index (χ2n) is 8.07. The van der Waals surface area contributed by atoms with Crippen molar-refractivity contribution in [3.05, 3.63) is 59.7 Å². The Labute approximate surface area is 203 Å². The van der Waals surface area contributed by atoms with Crippen molar-refractivity contribution in [3.63, 3.8) is 0 Å². The second kappa shape index (κ2) is 11.7. The number of rotatable bonds is 7. The molecule has 2 aromatic rings. The van der Waals surface area contributed by atoms with Crippen LogP contribution in [0.25, 0.3) is 0 Å². The summed E-state index contributed by atoms with van der Waals surface area (Å²) in [5.41, 5.74) is 1.22. The maximum atomic E-state index is 12.8. The molecule has 2 aromatic carbocycles. The number of aliphatic imine (C=N–C) groups is 1. The average molecular weight is 561 g/mol. The predicted molar refractivity (Wildman–Crippen MR) is 137 cm³/mol. The standard InChI is InChI=1S/C22H32N4O3S.HI/c1-22(2,3)25-30(27,28)20-10-8-7-9-18(20)15-24-21(23-4)26(5)16-17-11-13-19(29-6)14-12-17;/h7-14,25H,15-16H2,1-6H3,(H,23,24);1H. The Morgan fingerprint density at radius 3 is 2.26 bits per heavy atom. The number of benzene rings is 2. The Morgan fingerprint density at radius 2 is 1.71 bits per heavy atom. The molecule has 0 amide bonds. The zero-order valence-electron chi connectivity index (χ0n) is 19.0. The molecule has 0 aliphatic carbocycles. The first-order valence-electron chi connectivity index (χ1n) is 9.72. The van der Waals surface area contributed by atoms with Gasteiger partial charge in [0.05, 0.1) is 12.0 Å². The largest absolute Gasteiger partial charge is 0.497 e. The van der Waals surface area contributed by atoms with Crippen LogP contribution in [0.3, 0.4) is 0 Å². The lowest BCUT2D eigenvalue weighted by Crippen LogP contribution is -2.41. The number of halogens is 1. The number of guanidine groups is 1. The lowest BCUT2D eigenvalue weighted by atomic mass is 10.1. The van der Waals surface area contributed by atoms with Gasteiger partial charge in [-0.25, -0.2) is 13.1 Å². The van der Waals surface area contributed by atoms with Gasteiger partial charge in [0.2, 0.25) is 10.0 Å². The number of nitrogens with one attached hydrogen (secondary N) is 2. The van der Waals surface area contributed by atoms with Gasteiger partial charge in [0.1, 0.15) is 5.75 Å². The summed E-state index contributed by atoms with van der Waals surface area (Å²) in [6, 6.07) is 14.8. The normalized spacial score (nSPS) is 12.1. The molecule has 0 spiro atoms. The Kier molecular flexibility index (Phi) is 10.2. The smallest absolute Gasteiger partial charge is 0.241 e. The third-order valence-corrected chi connectivity index (χ3v) is 6.15. The fourth-order valence-electron chi connectivity index (χ4n) is 3.01. The van der Waals surface area contributed by atoms with Crippen molar-refractivity contribution < 1.29 is 13.2 Å². The highest BCUT2D eigenvalue weighted by Crippen LogP contribution is 2.18. The molecular weight excluding hydrogens is 527 g/mol. The van der Waals surface area contributed by atoms with Gasteiger partial charge in [-0.05, 0) is 50.1 Å². The maximum absolute atomic E-state index is 12.8. The Balaban J connectivity index is 0.00000480. The molecule has 0 unspecified atom stereocenters. The minimum absolute atomic E-state index is 0. The molecule has 0 aromatic heterocycles. The molecule has 2 rings (SSSR count). The van der Waals surface area contributed by atoms with Crippen LogP contribution in [0.15, 0.2) is 58.4 Å². The van der Waals surface area contributed by atoms with E-state index in [1.54, 1.807) is 32.4 Å². The van der Waals surface area contributed by atoms with Crippen LogP contribution in [-0.2, 0) is 23.1 Å². The van der Waals surface area contributed by atoms with E-state index in [1.165, 1.54) is 0 Å². The van der Waals surface area contributed by atoms with Gasteiger partial charge in [-0.3, -0.25) is 4.99 Å². The lowest BCUT2D eigenvalue weighted by Gasteiger charge is -2.24. The average Bonchev–Trinajstić information content (AvgIpc) is 2.67. The Morgan fingerprint density at radius 1 is 1.10 bits per heavy atom.